The van der Waals surface area contributed by atoms with Crippen LogP contribution in [0.1, 0.15) is 12.1 Å². The van der Waals surface area contributed by atoms with Crippen LogP contribution in [0.5, 0.6) is 5.88 Å². The maximum absolute atomic E-state index is 13.7. The smallest absolute Gasteiger partial charge is 0.329 e. The summed E-state index contributed by atoms with van der Waals surface area (Å²) in [5.74, 6) is 0.216. The molecular formula is C23H25FN6O4. The number of rotatable bonds is 6. The summed E-state index contributed by atoms with van der Waals surface area (Å²) in [4.78, 5) is 27.7. The predicted molar refractivity (Wildman–Crippen MR) is 124 cm³/mol. The maximum Gasteiger partial charge on any atom is 0.329 e. The van der Waals surface area contributed by atoms with Crippen LogP contribution >= 0.6 is 0 Å². The van der Waals surface area contributed by atoms with Gasteiger partial charge in [0.1, 0.15) is 18.5 Å². The van der Waals surface area contributed by atoms with Gasteiger partial charge >= 0.3 is 6.03 Å². The number of amides is 2. The Hall–Kier alpha value is -3.83. The molecular weight excluding hydrogens is 443 g/mol. The van der Waals surface area contributed by atoms with Crippen molar-refractivity contribution < 1.29 is 24.1 Å². The van der Waals surface area contributed by atoms with Gasteiger partial charge in [0.05, 0.1) is 18.0 Å². The van der Waals surface area contributed by atoms with Crippen LogP contribution in [-0.2, 0) is 0 Å². The molecule has 0 fully saturated rings. The van der Waals surface area contributed by atoms with Gasteiger partial charge < -0.3 is 20.3 Å². The van der Waals surface area contributed by atoms with E-state index in [9.17, 15) is 14.3 Å². The lowest BCUT2D eigenvalue weighted by atomic mass is 10.1. The number of aryl methyl sites for hydroxylation is 1. The summed E-state index contributed by atoms with van der Waals surface area (Å²) in [5.41, 5.74) is 2.36. The number of aliphatic hydroxyl groups excluding tert-OH is 2. The molecule has 3 heterocycles. The van der Waals surface area contributed by atoms with Gasteiger partial charge in [-0.3, -0.25) is 10.2 Å². The minimum absolute atomic E-state index is 0.0264. The molecule has 3 aromatic rings. The monoisotopic (exact) mass is 468 g/mol. The van der Waals surface area contributed by atoms with E-state index in [-0.39, 0.29) is 24.3 Å². The molecule has 0 radical (unpaired) electrons. The van der Waals surface area contributed by atoms with Crippen molar-refractivity contribution in [2.24, 2.45) is 0 Å². The number of anilines is 3. The third kappa shape index (κ3) is 5.56. The highest BCUT2D eigenvalue weighted by atomic mass is 19.1. The van der Waals surface area contributed by atoms with Gasteiger partial charge in [0, 0.05) is 30.4 Å². The summed E-state index contributed by atoms with van der Waals surface area (Å²) in [5, 5.41) is 24.4. The van der Waals surface area contributed by atoms with E-state index in [1.54, 1.807) is 31.2 Å². The number of carbonyl (C=O) groups is 1. The standard InChI is InChI=1S/C23H25FN6O4/c1-14-10-20(34-13-17(32)12-31)28-22(26-14)29-23(33)30-9-3-8-25-19-7-6-18(27-21(19)30)15-4-2-5-16(24)11-15/h2,4-7,10-11,17,25,31-32H,3,8-9,12-13H2,1H3,(H,26,28,29,33). The second-order valence-electron chi connectivity index (χ2n) is 7.76. The van der Waals surface area contributed by atoms with Crippen molar-refractivity contribution in [3.05, 3.63) is 54.0 Å². The largest absolute Gasteiger partial charge is 0.475 e. The second kappa shape index (κ2) is 10.4. The predicted octanol–water partition coefficient (Wildman–Crippen LogP) is 2.57. The van der Waals surface area contributed by atoms with Crippen LogP contribution in [0.4, 0.5) is 26.6 Å². The summed E-state index contributed by atoms with van der Waals surface area (Å²) in [6.07, 6.45) is -0.367. The van der Waals surface area contributed by atoms with E-state index >= 15 is 0 Å². The molecule has 1 atom stereocenters. The number of halogens is 1. The normalized spacial score (nSPS) is 13.9. The average Bonchev–Trinajstić information content (AvgIpc) is 3.04. The van der Waals surface area contributed by atoms with Crippen molar-refractivity contribution in [1.29, 1.82) is 0 Å². The van der Waals surface area contributed by atoms with Crippen molar-refractivity contribution >= 4 is 23.5 Å². The Morgan fingerprint density at radius 2 is 2.12 bits per heavy atom. The molecule has 34 heavy (non-hydrogen) atoms. The van der Waals surface area contributed by atoms with E-state index in [1.165, 1.54) is 17.0 Å². The van der Waals surface area contributed by atoms with Gasteiger partial charge in [-0.2, -0.15) is 4.98 Å². The first-order chi connectivity index (χ1) is 16.4. The van der Waals surface area contributed by atoms with Crippen molar-refractivity contribution in [3.63, 3.8) is 0 Å². The van der Waals surface area contributed by atoms with Gasteiger partial charge in [0.15, 0.2) is 5.82 Å². The van der Waals surface area contributed by atoms with Crippen molar-refractivity contribution in [2.45, 2.75) is 19.4 Å². The van der Waals surface area contributed by atoms with E-state index < -0.39 is 18.7 Å². The number of nitrogens with zero attached hydrogens (tertiary/aromatic N) is 4. The lowest BCUT2D eigenvalue weighted by Crippen LogP contribution is -2.36. The molecule has 2 aromatic heterocycles. The maximum atomic E-state index is 13.7. The van der Waals surface area contributed by atoms with Crippen molar-refractivity contribution in [2.75, 3.05) is 41.8 Å². The number of aromatic nitrogens is 3. The Labute approximate surface area is 195 Å². The van der Waals surface area contributed by atoms with E-state index in [0.29, 0.717) is 48.0 Å². The average molecular weight is 468 g/mol. The van der Waals surface area contributed by atoms with Crippen molar-refractivity contribution in [3.8, 4) is 17.1 Å². The fraction of sp³-hybridized carbons (Fsp3) is 0.304. The lowest BCUT2D eigenvalue weighted by molar-refractivity contribution is 0.0521. The topological polar surface area (TPSA) is 133 Å². The van der Waals surface area contributed by atoms with E-state index in [1.807, 2.05) is 6.07 Å². The fourth-order valence-electron chi connectivity index (χ4n) is 3.43. The number of hydrogen-bond donors (Lipinski definition) is 4. The molecule has 0 aliphatic carbocycles. The van der Waals surface area contributed by atoms with E-state index in [0.717, 1.165) is 0 Å². The molecule has 1 aromatic carbocycles. The number of urea groups is 1. The highest BCUT2D eigenvalue weighted by Crippen LogP contribution is 2.30. The van der Waals surface area contributed by atoms with Crippen LogP contribution in [-0.4, -0.2) is 63.6 Å². The molecule has 178 valence electrons. The van der Waals surface area contributed by atoms with Crippen LogP contribution in [0.15, 0.2) is 42.5 Å². The van der Waals surface area contributed by atoms with Crippen LogP contribution in [0.2, 0.25) is 0 Å². The molecule has 4 N–H and O–H groups in total. The molecule has 1 aliphatic rings. The zero-order valence-corrected chi connectivity index (χ0v) is 18.5. The first-order valence-electron chi connectivity index (χ1n) is 10.8. The number of pyridine rings is 1. The number of fused-ring (bicyclic) bond motifs is 1. The first-order valence-corrected chi connectivity index (χ1v) is 10.8. The van der Waals surface area contributed by atoms with Gasteiger partial charge in [-0.25, -0.2) is 19.2 Å². The molecule has 10 nitrogen and oxygen atoms in total. The van der Waals surface area contributed by atoms with Gasteiger partial charge in [-0.1, -0.05) is 12.1 Å². The molecule has 4 rings (SSSR count). The Bertz CT molecular complexity index is 1180. The van der Waals surface area contributed by atoms with E-state index in [2.05, 4.69) is 25.6 Å². The van der Waals surface area contributed by atoms with Crippen LogP contribution in [0.25, 0.3) is 11.3 Å². The third-order valence-electron chi connectivity index (χ3n) is 5.05. The first kappa shape index (κ1) is 23.3. The highest BCUT2D eigenvalue weighted by Gasteiger charge is 2.24. The SMILES string of the molecule is Cc1cc(OCC(O)CO)nc(NC(=O)N2CCCNc3ccc(-c4cccc(F)c4)nc32)n1. The zero-order valence-electron chi connectivity index (χ0n) is 18.5. The Morgan fingerprint density at radius 1 is 1.26 bits per heavy atom. The minimum Gasteiger partial charge on any atom is -0.475 e. The number of carbonyl (C=O) groups excluding carboxylic acids is 1. The van der Waals surface area contributed by atoms with Gasteiger partial charge in [-0.15, -0.1) is 0 Å². The van der Waals surface area contributed by atoms with E-state index in [4.69, 9.17) is 9.84 Å². The summed E-state index contributed by atoms with van der Waals surface area (Å²) in [7, 11) is 0. The summed E-state index contributed by atoms with van der Waals surface area (Å²) in [6.45, 7) is 2.16. The van der Waals surface area contributed by atoms with Crippen LogP contribution < -0.4 is 20.3 Å². The lowest BCUT2D eigenvalue weighted by Gasteiger charge is -2.22. The Balaban J connectivity index is 1.58. The fourth-order valence-corrected chi connectivity index (χ4v) is 3.43. The molecule has 0 saturated carbocycles. The Kier molecular flexibility index (Phi) is 7.14. The Morgan fingerprint density at radius 3 is 2.91 bits per heavy atom. The van der Waals surface area contributed by atoms with Crippen molar-refractivity contribution in [1.82, 2.24) is 15.0 Å². The number of aliphatic hydroxyl groups is 2. The zero-order chi connectivity index (χ0) is 24.1. The molecule has 1 unspecified atom stereocenters. The summed E-state index contributed by atoms with van der Waals surface area (Å²) >= 11 is 0. The second-order valence-corrected chi connectivity index (χ2v) is 7.76. The van der Waals surface area contributed by atoms with Crippen LogP contribution in [0.3, 0.4) is 0 Å². The number of hydrogen-bond acceptors (Lipinski definition) is 8. The molecule has 2 amide bonds. The third-order valence-corrected chi connectivity index (χ3v) is 5.05. The molecule has 11 heteroatoms. The minimum atomic E-state index is -1.05. The quantitative estimate of drug-likeness (QED) is 0.434. The summed E-state index contributed by atoms with van der Waals surface area (Å²) in [6, 6.07) is 10.8. The van der Waals surface area contributed by atoms with Gasteiger partial charge in [-0.05, 0) is 37.6 Å². The molecule has 0 saturated heterocycles. The van der Waals surface area contributed by atoms with Gasteiger partial charge in [0.25, 0.3) is 0 Å². The number of benzene rings is 1. The molecule has 0 bridgehead atoms. The number of ether oxygens (including phenoxy) is 1. The molecule has 1 aliphatic heterocycles. The summed E-state index contributed by atoms with van der Waals surface area (Å²) < 4.78 is 19.1. The van der Waals surface area contributed by atoms with Crippen LogP contribution in [0, 0.1) is 12.7 Å². The number of nitrogens with one attached hydrogen (secondary N) is 2. The van der Waals surface area contributed by atoms with Gasteiger partial charge in [0.2, 0.25) is 11.8 Å². The molecule has 0 spiro atoms. The highest BCUT2D eigenvalue weighted by molar-refractivity contribution is 6.02.